The van der Waals surface area contributed by atoms with Crippen molar-refractivity contribution in [2.24, 2.45) is 0 Å². The fourth-order valence-electron chi connectivity index (χ4n) is 3.42. The number of morpholine rings is 1. The van der Waals surface area contributed by atoms with E-state index in [1.807, 2.05) is 11.0 Å². The van der Waals surface area contributed by atoms with E-state index in [0.717, 1.165) is 29.9 Å². The number of carbonyl (C=O) groups is 1. The molecule has 1 atom stereocenters. The molecule has 3 fully saturated rings. The van der Waals surface area contributed by atoms with Crippen LogP contribution in [0.25, 0.3) is 0 Å². The molecule has 0 N–H and O–H groups in total. The Morgan fingerprint density at radius 2 is 2.04 bits per heavy atom. The van der Waals surface area contributed by atoms with Gasteiger partial charge in [0, 0.05) is 25.3 Å². The molecule has 5 rings (SSSR count). The number of furan rings is 1. The van der Waals surface area contributed by atoms with Crippen LogP contribution < -0.4 is 0 Å². The molecule has 1 aliphatic heterocycles. The molecule has 7 nitrogen and oxygen atoms in total. The van der Waals surface area contributed by atoms with Crippen LogP contribution in [0.4, 0.5) is 0 Å². The maximum absolute atomic E-state index is 13.1. The summed E-state index contributed by atoms with van der Waals surface area (Å²) < 4.78 is 16.8. The molecular formula is C18H21N3O4. The van der Waals surface area contributed by atoms with Crippen LogP contribution in [-0.4, -0.2) is 40.6 Å². The van der Waals surface area contributed by atoms with Crippen LogP contribution in [0.5, 0.6) is 0 Å². The average molecular weight is 343 g/mol. The largest absolute Gasteiger partial charge is 0.465 e. The van der Waals surface area contributed by atoms with E-state index in [1.165, 1.54) is 12.8 Å². The highest BCUT2D eigenvalue weighted by Gasteiger charge is 2.38. The third-order valence-corrected chi connectivity index (χ3v) is 5.12. The van der Waals surface area contributed by atoms with Crippen LogP contribution in [0, 0.1) is 6.92 Å². The molecular weight excluding hydrogens is 322 g/mol. The quantitative estimate of drug-likeness (QED) is 0.849. The van der Waals surface area contributed by atoms with Crippen molar-refractivity contribution < 1.29 is 18.5 Å². The van der Waals surface area contributed by atoms with Crippen LogP contribution >= 0.6 is 0 Å². The topological polar surface area (TPSA) is 81.6 Å². The maximum atomic E-state index is 13.1. The zero-order valence-electron chi connectivity index (χ0n) is 14.2. The lowest BCUT2D eigenvalue weighted by molar-refractivity contribution is -0.0277. The lowest BCUT2D eigenvalue weighted by atomic mass is 10.1. The summed E-state index contributed by atoms with van der Waals surface area (Å²) in [5, 5.41) is 3.93. The van der Waals surface area contributed by atoms with Gasteiger partial charge in [0.15, 0.2) is 0 Å². The van der Waals surface area contributed by atoms with Gasteiger partial charge in [-0.1, -0.05) is 5.16 Å². The molecule has 1 saturated heterocycles. The summed E-state index contributed by atoms with van der Waals surface area (Å²) >= 11 is 0. The SMILES string of the molecule is Cc1nc(C2CN(C(=O)c3cc(C4CC4)oc3C3CC3)CCO2)no1. The van der Waals surface area contributed by atoms with Gasteiger partial charge in [0.2, 0.25) is 11.7 Å². The van der Waals surface area contributed by atoms with Gasteiger partial charge in [-0.2, -0.15) is 4.98 Å². The Bertz CT molecular complexity index is 803. The van der Waals surface area contributed by atoms with Crippen LogP contribution in [-0.2, 0) is 4.74 Å². The Labute approximate surface area is 145 Å². The third kappa shape index (κ3) is 2.86. The van der Waals surface area contributed by atoms with Gasteiger partial charge in [-0.15, -0.1) is 0 Å². The number of aromatic nitrogens is 2. The Kier molecular flexibility index (Phi) is 3.45. The van der Waals surface area contributed by atoms with Gasteiger partial charge in [0.1, 0.15) is 17.6 Å². The highest BCUT2D eigenvalue weighted by molar-refractivity contribution is 5.95. The number of aryl methyl sites for hydroxylation is 1. The van der Waals surface area contributed by atoms with Crippen molar-refractivity contribution in [2.75, 3.05) is 19.7 Å². The number of amides is 1. The highest BCUT2D eigenvalue weighted by Crippen LogP contribution is 2.47. The van der Waals surface area contributed by atoms with E-state index >= 15 is 0 Å². The first-order valence-corrected chi connectivity index (χ1v) is 9.03. The van der Waals surface area contributed by atoms with Gasteiger partial charge < -0.3 is 18.6 Å². The molecule has 2 saturated carbocycles. The van der Waals surface area contributed by atoms with Crippen LogP contribution in [0.1, 0.15) is 77.2 Å². The molecule has 2 aliphatic carbocycles. The standard InChI is InChI=1S/C18H21N3O4/c1-10-19-17(20-25-10)15-9-21(6-7-23-15)18(22)13-8-14(11-2-3-11)24-16(13)12-4-5-12/h8,11-12,15H,2-7,9H2,1H3. The fourth-order valence-corrected chi connectivity index (χ4v) is 3.42. The smallest absolute Gasteiger partial charge is 0.257 e. The van der Waals surface area contributed by atoms with E-state index < -0.39 is 0 Å². The molecule has 0 aromatic carbocycles. The first kappa shape index (κ1) is 15.1. The number of nitrogens with zero attached hydrogens (tertiary/aromatic N) is 3. The average Bonchev–Trinajstić information content (AvgIpc) is 3.57. The highest BCUT2D eigenvalue weighted by atomic mass is 16.5. The number of ether oxygens (including phenoxy) is 1. The van der Waals surface area contributed by atoms with E-state index in [2.05, 4.69) is 10.1 Å². The maximum Gasteiger partial charge on any atom is 0.257 e. The first-order chi connectivity index (χ1) is 12.2. The Morgan fingerprint density at radius 1 is 1.24 bits per heavy atom. The lowest BCUT2D eigenvalue weighted by Crippen LogP contribution is -2.42. The van der Waals surface area contributed by atoms with Crippen LogP contribution in [0.2, 0.25) is 0 Å². The van der Waals surface area contributed by atoms with Crippen molar-refractivity contribution in [1.82, 2.24) is 15.0 Å². The fraction of sp³-hybridized carbons (Fsp3) is 0.611. The van der Waals surface area contributed by atoms with Gasteiger partial charge >= 0.3 is 0 Å². The van der Waals surface area contributed by atoms with Gasteiger partial charge in [-0.3, -0.25) is 4.79 Å². The zero-order valence-corrected chi connectivity index (χ0v) is 14.2. The monoisotopic (exact) mass is 343 g/mol. The molecule has 25 heavy (non-hydrogen) atoms. The molecule has 1 unspecified atom stereocenters. The minimum absolute atomic E-state index is 0.0334. The van der Waals surface area contributed by atoms with Crippen molar-refractivity contribution in [1.29, 1.82) is 0 Å². The zero-order chi connectivity index (χ0) is 17.0. The van der Waals surface area contributed by atoms with Crippen molar-refractivity contribution >= 4 is 5.91 Å². The number of hydrogen-bond acceptors (Lipinski definition) is 6. The normalized spacial score (nSPS) is 23.9. The second-order valence-electron chi connectivity index (χ2n) is 7.26. The third-order valence-electron chi connectivity index (χ3n) is 5.12. The minimum Gasteiger partial charge on any atom is -0.465 e. The predicted molar refractivity (Wildman–Crippen MR) is 86.3 cm³/mol. The summed E-state index contributed by atoms with van der Waals surface area (Å²) in [6, 6.07) is 1.98. The second-order valence-corrected chi connectivity index (χ2v) is 7.26. The molecule has 2 aromatic rings. The molecule has 0 radical (unpaired) electrons. The number of carbonyl (C=O) groups excluding carboxylic acids is 1. The van der Waals surface area contributed by atoms with Gasteiger partial charge in [0.25, 0.3) is 5.91 Å². The summed E-state index contributed by atoms with van der Waals surface area (Å²) in [4.78, 5) is 19.2. The minimum atomic E-state index is -0.339. The molecule has 2 aromatic heterocycles. The molecule has 1 amide bonds. The van der Waals surface area contributed by atoms with E-state index in [4.69, 9.17) is 13.7 Å². The Morgan fingerprint density at radius 3 is 2.72 bits per heavy atom. The van der Waals surface area contributed by atoms with E-state index in [1.54, 1.807) is 6.92 Å². The van der Waals surface area contributed by atoms with E-state index in [9.17, 15) is 4.79 Å². The summed E-state index contributed by atoms with van der Waals surface area (Å²) in [5.74, 6) is 3.85. The van der Waals surface area contributed by atoms with Crippen LogP contribution in [0.15, 0.2) is 15.0 Å². The molecule has 3 heterocycles. The van der Waals surface area contributed by atoms with Crippen molar-refractivity contribution in [2.45, 2.75) is 50.5 Å². The summed E-state index contributed by atoms with van der Waals surface area (Å²) in [6.45, 7) is 3.22. The Balaban J connectivity index is 1.38. The Hall–Kier alpha value is -2.15. The molecule has 0 spiro atoms. The van der Waals surface area contributed by atoms with Crippen molar-refractivity contribution in [3.63, 3.8) is 0 Å². The molecule has 7 heteroatoms. The van der Waals surface area contributed by atoms with Crippen molar-refractivity contribution in [3.05, 3.63) is 34.9 Å². The van der Waals surface area contributed by atoms with Crippen molar-refractivity contribution in [3.8, 4) is 0 Å². The van der Waals surface area contributed by atoms with Crippen LogP contribution in [0.3, 0.4) is 0 Å². The summed E-state index contributed by atoms with van der Waals surface area (Å²) in [6.07, 6.45) is 4.23. The van der Waals surface area contributed by atoms with E-state index in [-0.39, 0.29) is 12.0 Å². The van der Waals surface area contributed by atoms with Gasteiger partial charge in [-0.25, -0.2) is 0 Å². The molecule has 132 valence electrons. The summed E-state index contributed by atoms with van der Waals surface area (Å²) in [5.41, 5.74) is 0.745. The predicted octanol–water partition coefficient (Wildman–Crippen LogP) is 2.94. The lowest BCUT2D eigenvalue weighted by Gasteiger charge is -2.31. The number of hydrogen-bond donors (Lipinski definition) is 0. The second kappa shape index (κ2) is 5.69. The molecule has 3 aliphatic rings. The van der Waals surface area contributed by atoms with E-state index in [0.29, 0.717) is 43.2 Å². The van der Waals surface area contributed by atoms with Gasteiger partial charge in [0.05, 0.1) is 18.7 Å². The van der Waals surface area contributed by atoms with Gasteiger partial charge in [-0.05, 0) is 31.7 Å². The first-order valence-electron chi connectivity index (χ1n) is 9.03. The summed E-state index contributed by atoms with van der Waals surface area (Å²) in [7, 11) is 0. The molecule has 0 bridgehead atoms. The number of rotatable bonds is 4.